The van der Waals surface area contributed by atoms with Gasteiger partial charge in [0.25, 0.3) is 0 Å². The Morgan fingerprint density at radius 2 is 2.25 bits per heavy atom. The van der Waals surface area contributed by atoms with E-state index < -0.39 is 0 Å². The SMILES string of the molecule is Cc1cc(CN2CCCNCC2)sc1Br.Cl. The summed E-state index contributed by atoms with van der Waals surface area (Å²) in [5, 5.41) is 3.43. The number of nitrogens with zero attached hydrogens (tertiary/aromatic N) is 1. The van der Waals surface area contributed by atoms with Gasteiger partial charge in [-0.05, 0) is 54.0 Å². The Morgan fingerprint density at radius 1 is 1.44 bits per heavy atom. The van der Waals surface area contributed by atoms with Crippen LogP contribution in [0.4, 0.5) is 0 Å². The summed E-state index contributed by atoms with van der Waals surface area (Å²) in [6.07, 6.45) is 1.27. The van der Waals surface area contributed by atoms with Gasteiger partial charge in [-0.2, -0.15) is 0 Å². The molecule has 0 radical (unpaired) electrons. The first-order chi connectivity index (χ1) is 7.25. The molecule has 1 aromatic rings. The minimum absolute atomic E-state index is 0. The molecule has 5 heteroatoms. The fourth-order valence-electron chi connectivity index (χ4n) is 1.88. The van der Waals surface area contributed by atoms with E-state index in [0.717, 1.165) is 13.1 Å². The van der Waals surface area contributed by atoms with Gasteiger partial charge >= 0.3 is 0 Å². The van der Waals surface area contributed by atoms with Crippen molar-refractivity contribution in [2.24, 2.45) is 0 Å². The maximum Gasteiger partial charge on any atom is 0.0730 e. The van der Waals surface area contributed by atoms with Crippen LogP contribution in [0.2, 0.25) is 0 Å². The summed E-state index contributed by atoms with van der Waals surface area (Å²) in [6.45, 7) is 7.97. The fraction of sp³-hybridized carbons (Fsp3) is 0.636. The van der Waals surface area contributed by atoms with Crippen LogP contribution in [0.5, 0.6) is 0 Å². The highest BCUT2D eigenvalue weighted by atomic mass is 79.9. The normalized spacial score (nSPS) is 17.9. The topological polar surface area (TPSA) is 15.3 Å². The molecule has 1 N–H and O–H groups in total. The van der Waals surface area contributed by atoms with Gasteiger partial charge in [0, 0.05) is 24.5 Å². The first kappa shape index (κ1) is 14.5. The van der Waals surface area contributed by atoms with Crippen LogP contribution in [0.1, 0.15) is 16.9 Å². The van der Waals surface area contributed by atoms with E-state index in [1.54, 1.807) is 0 Å². The fourth-order valence-corrected chi connectivity index (χ4v) is 3.55. The third-order valence-corrected chi connectivity index (χ3v) is 4.84. The van der Waals surface area contributed by atoms with Gasteiger partial charge in [0.2, 0.25) is 0 Å². The first-order valence-corrected chi connectivity index (χ1v) is 7.04. The lowest BCUT2D eigenvalue weighted by Crippen LogP contribution is -2.27. The smallest absolute Gasteiger partial charge is 0.0730 e. The number of hydrogen-bond donors (Lipinski definition) is 1. The van der Waals surface area contributed by atoms with Crippen LogP contribution in [-0.2, 0) is 6.54 Å². The van der Waals surface area contributed by atoms with Crippen molar-refractivity contribution in [2.75, 3.05) is 26.2 Å². The highest BCUT2D eigenvalue weighted by molar-refractivity contribution is 9.11. The van der Waals surface area contributed by atoms with Gasteiger partial charge in [0.15, 0.2) is 0 Å². The minimum Gasteiger partial charge on any atom is -0.315 e. The van der Waals surface area contributed by atoms with Crippen molar-refractivity contribution in [3.63, 3.8) is 0 Å². The molecule has 1 saturated heterocycles. The zero-order valence-corrected chi connectivity index (χ0v) is 12.7. The molecule has 0 amide bonds. The van der Waals surface area contributed by atoms with E-state index in [4.69, 9.17) is 0 Å². The average molecular weight is 326 g/mol. The second-order valence-corrected chi connectivity index (χ2v) is 6.50. The van der Waals surface area contributed by atoms with E-state index in [-0.39, 0.29) is 12.4 Å². The van der Waals surface area contributed by atoms with E-state index in [9.17, 15) is 0 Å². The predicted molar refractivity (Wildman–Crippen MR) is 76.8 cm³/mol. The van der Waals surface area contributed by atoms with Gasteiger partial charge < -0.3 is 5.32 Å². The molecule has 0 aromatic carbocycles. The largest absolute Gasteiger partial charge is 0.315 e. The van der Waals surface area contributed by atoms with Gasteiger partial charge in [-0.1, -0.05) is 0 Å². The Kier molecular flexibility index (Phi) is 6.29. The monoisotopic (exact) mass is 324 g/mol. The highest BCUT2D eigenvalue weighted by Crippen LogP contribution is 2.28. The van der Waals surface area contributed by atoms with E-state index in [1.165, 1.54) is 40.3 Å². The molecule has 16 heavy (non-hydrogen) atoms. The van der Waals surface area contributed by atoms with Crippen molar-refractivity contribution in [2.45, 2.75) is 19.9 Å². The van der Waals surface area contributed by atoms with Crippen LogP contribution >= 0.6 is 39.7 Å². The molecular weight excluding hydrogens is 308 g/mol. The zero-order chi connectivity index (χ0) is 10.7. The third kappa shape index (κ3) is 4.00. The number of hydrogen-bond acceptors (Lipinski definition) is 3. The van der Waals surface area contributed by atoms with Crippen LogP contribution < -0.4 is 5.32 Å². The van der Waals surface area contributed by atoms with E-state index in [0.29, 0.717) is 0 Å². The van der Waals surface area contributed by atoms with Crippen LogP contribution in [0, 0.1) is 6.92 Å². The van der Waals surface area contributed by atoms with Gasteiger partial charge in [-0.15, -0.1) is 23.7 Å². The summed E-state index contributed by atoms with van der Waals surface area (Å²) in [4.78, 5) is 4.01. The highest BCUT2D eigenvalue weighted by Gasteiger charge is 2.11. The second kappa shape index (κ2) is 6.97. The standard InChI is InChI=1S/C11H17BrN2S.ClH/c1-9-7-10(15-11(9)12)8-14-5-2-3-13-4-6-14;/h7,13H,2-6,8H2,1H3;1H. The first-order valence-electron chi connectivity index (χ1n) is 5.43. The average Bonchev–Trinajstić information content (AvgIpc) is 2.45. The lowest BCUT2D eigenvalue weighted by molar-refractivity contribution is 0.287. The van der Waals surface area contributed by atoms with Crippen molar-refractivity contribution >= 4 is 39.7 Å². The van der Waals surface area contributed by atoms with Crippen molar-refractivity contribution in [1.82, 2.24) is 10.2 Å². The number of aryl methyl sites for hydroxylation is 1. The Labute approximate surface area is 116 Å². The molecule has 0 atom stereocenters. The summed E-state index contributed by atoms with van der Waals surface area (Å²) in [7, 11) is 0. The van der Waals surface area contributed by atoms with Gasteiger partial charge in [0.1, 0.15) is 0 Å². The molecule has 1 aliphatic heterocycles. The summed E-state index contributed by atoms with van der Waals surface area (Å²) >= 11 is 5.45. The Balaban J connectivity index is 0.00000128. The van der Waals surface area contributed by atoms with Crippen molar-refractivity contribution in [3.8, 4) is 0 Å². The summed E-state index contributed by atoms with van der Waals surface area (Å²) < 4.78 is 1.28. The maximum atomic E-state index is 3.58. The summed E-state index contributed by atoms with van der Waals surface area (Å²) in [5.74, 6) is 0. The molecule has 1 fully saturated rings. The lowest BCUT2D eigenvalue weighted by Gasteiger charge is -2.17. The number of rotatable bonds is 2. The molecule has 2 rings (SSSR count). The lowest BCUT2D eigenvalue weighted by atomic mass is 10.3. The van der Waals surface area contributed by atoms with Crippen LogP contribution in [0.15, 0.2) is 9.85 Å². The van der Waals surface area contributed by atoms with Crippen molar-refractivity contribution < 1.29 is 0 Å². The predicted octanol–water partition coefficient (Wildman–Crippen LogP) is 3.04. The molecule has 2 heterocycles. The molecule has 1 aromatic heterocycles. The second-order valence-electron chi connectivity index (χ2n) is 4.05. The van der Waals surface area contributed by atoms with Gasteiger partial charge in [-0.25, -0.2) is 0 Å². The quantitative estimate of drug-likeness (QED) is 0.899. The molecular formula is C11H18BrClN2S. The van der Waals surface area contributed by atoms with Crippen molar-refractivity contribution in [3.05, 3.63) is 20.3 Å². The molecule has 2 nitrogen and oxygen atoms in total. The van der Waals surface area contributed by atoms with Gasteiger partial charge in [0.05, 0.1) is 3.79 Å². The Morgan fingerprint density at radius 3 is 2.94 bits per heavy atom. The summed E-state index contributed by atoms with van der Waals surface area (Å²) in [6, 6.07) is 2.30. The molecule has 1 aliphatic rings. The maximum absolute atomic E-state index is 3.58. The van der Waals surface area contributed by atoms with E-state index >= 15 is 0 Å². The van der Waals surface area contributed by atoms with E-state index in [2.05, 4.69) is 39.1 Å². The zero-order valence-electron chi connectivity index (χ0n) is 9.46. The van der Waals surface area contributed by atoms with E-state index in [1.807, 2.05) is 11.3 Å². The number of nitrogens with one attached hydrogen (secondary N) is 1. The molecule has 92 valence electrons. The molecule has 0 bridgehead atoms. The Bertz CT molecular complexity index is 302. The molecule has 0 aliphatic carbocycles. The minimum atomic E-state index is 0. The van der Waals surface area contributed by atoms with Crippen LogP contribution in [0.25, 0.3) is 0 Å². The Hall–Kier alpha value is 0.390. The molecule has 0 saturated carbocycles. The number of thiophene rings is 1. The molecule has 0 spiro atoms. The third-order valence-electron chi connectivity index (χ3n) is 2.72. The van der Waals surface area contributed by atoms with Crippen LogP contribution in [0.3, 0.4) is 0 Å². The van der Waals surface area contributed by atoms with Gasteiger partial charge in [-0.3, -0.25) is 4.90 Å². The van der Waals surface area contributed by atoms with Crippen molar-refractivity contribution in [1.29, 1.82) is 0 Å². The van der Waals surface area contributed by atoms with Crippen LogP contribution in [-0.4, -0.2) is 31.1 Å². The molecule has 0 unspecified atom stereocenters. The number of halogens is 2. The summed E-state index contributed by atoms with van der Waals surface area (Å²) in [5.41, 5.74) is 1.36.